The molecule has 0 bridgehead atoms. The van der Waals surface area contributed by atoms with Crippen molar-refractivity contribution >= 4 is 29.2 Å². The number of piperidine rings is 2. The summed E-state index contributed by atoms with van der Waals surface area (Å²) in [6.45, 7) is 14.5. The summed E-state index contributed by atoms with van der Waals surface area (Å²) in [5, 5.41) is 12.7. The summed E-state index contributed by atoms with van der Waals surface area (Å²) in [4.78, 5) is 69.7. The molecule has 2 amide bonds. The molecular formula is C83H87N9O11. The number of ketones is 3. The number of rotatable bonds is 25. The molecule has 20 heteroatoms. The first-order valence-corrected chi connectivity index (χ1v) is 34.7. The van der Waals surface area contributed by atoms with Crippen LogP contribution in [0, 0.1) is 0 Å². The van der Waals surface area contributed by atoms with Gasteiger partial charge in [-0.05, 0) is 144 Å². The van der Waals surface area contributed by atoms with Gasteiger partial charge in [0.25, 0.3) is 0 Å². The first-order chi connectivity index (χ1) is 50.1. The average molecular weight is 1390 g/mol. The molecule has 10 aromatic rings. The SMILES string of the molecule is C=CC(=O)N1CCC[C@@H](Oc2cc(-c3cnn(C)c3)ccc2C(=O)Cc2ccc(Oc3ccccc3)cc2)C1.C=CC(=O)N1CCC[C@@H](Oc2cc(-c3cnn(C)c3)ccc2C(=O)Cc2ccccc2)C1.COc1cc(-c2cnn(C)c2)ccc1C(=O)Cc1ccc(OCCN2CCOCC2)cc1. The summed E-state index contributed by atoms with van der Waals surface area (Å²) in [6.07, 6.45) is 17.5. The number of amides is 2. The lowest BCUT2D eigenvalue weighted by Crippen LogP contribution is -2.43. The Morgan fingerprint density at radius 2 is 0.874 bits per heavy atom. The Balaban J connectivity index is 0.000000156. The highest BCUT2D eigenvalue weighted by Gasteiger charge is 2.28. The minimum Gasteiger partial charge on any atom is -0.496 e. The molecule has 7 aromatic carbocycles. The number of hydrogen-bond donors (Lipinski definition) is 0. The smallest absolute Gasteiger partial charge is 0.246 e. The second kappa shape index (κ2) is 35.7. The molecule has 3 aliphatic rings. The third-order valence-electron chi connectivity index (χ3n) is 18.0. The number of aryl methyl sites for hydroxylation is 3. The zero-order chi connectivity index (χ0) is 72.0. The molecule has 0 spiro atoms. The largest absolute Gasteiger partial charge is 0.496 e. The topological polar surface area (TPSA) is 204 Å². The predicted molar refractivity (Wildman–Crippen MR) is 396 cm³/mol. The van der Waals surface area contributed by atoms with Gasteiger partial charge in [-0.15, -0.1) is 0 Å². The normalized spacial score (nSPS) is 15.1. The van der Waals surface area contributed by atoms with Gasteiger partial charge in [0.2, 0.25) is 11.8 Å². The number of nitrogens with zero attached hydrogens (tertiary/aromatic N) is 9. The molecule has 0 aliphatic carbocycles. The number of methoxy groups -OCH3 is 1. The zero-order valence-electron chi connectivity index (χ0n) is 58.8. The molecule has 3 aliphatic heterocycles. The van der Waals surface area contributed by atoms with Gasteiger partial charge in [0.15, 0.2) is 17.3 Å². The van der Waals surface area contributed by atoms with E-state index >= 15 is 0 Å². The van der Waals surface area contributed by atoms with Gasteiger partial charge >= 0.3 is 0 Å². The third kappa shape index (κ3) is 20.4. The fourth-order valence-corrected chi connectivity index (χ4v) is 12.5. The molecule has 3 aromatic heterocycles. The van der Waals surface area contributed by atoms with Gasteiger partial charge < -0.3 is 38.2 Å². The van der Waals surface area contributed by atoms with Crippen LogP contribution >= 0.6 is 0 Å². The van der Waals surface area contributed by atoms with Crippen LogP contribution in [0.4, 0.5) is 0 Å². The van der Waals surface area contributed by atoms with Gasteiger partial charge in [0.05, 0.1) is 68.7 Å². The predicted octanol–water partition coefficient (Wildman–Crippen LogP) is 13.2. The minimum absolute atomic E-state index is 0.00114. The van der Waals surface area contributed by atoms with E-state index in [0.717, 1.165) is 120 Å². The molecule has 0 radical (unpaired) electrons. The molecule has 3 saturated heterocycles. The summed E-state index contributed by atoms with van der Waals surface area (Å²) >= 11 is 0. The third-order valence-corrected chi connectivity index (χ3v) is 18.0. The molecule has 530 valence electrons. The van der Waals surface area contributed by atoms with E-state index in [9.17, 15) is 24.0 Å². The lowest BCUT2D eigenvalue weighted by Gasteiger charge is -2.32. The van der Waals surface area contributed by atoms with Crippen molar-refractivity contribution in [3.63, 3.8) is 0 Å². The number of Topliss-reactive ketones (excluding diaryl/α,β-unsaturated/α-hetero) is 3. The monoisotopic (exact) mass is 1390 g/mol. The Morgan fingerprint density at radius 3 is 1.29 bits per heavy atom. The van der Waals surface area contributed by atoms with Crippen LogP contribution in [0.15, 0.2) is 226 Å². The number of carbonyl (C=O) groups excluding carboxylic acids is 5. The molecule has 6 heterocycles. The Bertz CT molecular complexity index is 4520. The van der Waals surface area contributed by atoms with Gasteiger partial charge in [0.1, 0.15) is 53.3 Å². The fraction of sp³-hybridized carbons (Fsp3) is 0.277. The van der Waals surface area contributed by atoms with E-state index in [1.165, 1.54) is 12.2 Å². The van der Waals surface area contributed by atoms with E-state index in [-0.39, 0.29) is 47.8 Å². The van der Waals surface area contributed by atoms with Crippen molar-refractivity contribution in [2.24, 2.45) is 21.1 Å². The maximum atomic E-state index is 13.5. The van der Waals surface area contributed by atoms with Crippen molar-refractivity contribution in [2.45, 2.75) is 57.2 Å². The van der Waals surface area contributed by atoms with Crippen LogP contribution in [-0.4, -0.2) is 158 Å². The molecule has 20 nitrogen and oxygen atoms in total. The Morgan fingerprint density at radius 1 is 0.476 bits per heavy atom. The summed E-state index contributed by atoms with van der Waals surface area (Å²) in [5.74, 6) is 3.67. The van der Waals surface area contributed by atoms with E-state index < -0.39 is 0 Å². The molecule has 0 unspecified atom stereocenters. The molecule has 103 heavy (non-hydrogen) atoms. The molecule has 2 atom stereocenters. The maximum absolute atomic E-state index is 13.5. The first kappa shape index (κ1) is 72.8. The van der Waals surface area contributed by atoms with Crippen molar-refractivity contribution in [3.8, 4) is 67.9 Å². The lowest BCUT2D eigenvalue weighted by atomic mass is 9.99. The first-order valence-electron chi connectivity index (χ1n) is 34.7. The van der Waals surface area contributed by atoms with Crippen LogP contribution in [0.25, 0.3) is 33.4 Å². The van der Waals surface area contributed by atoms with Gasteiger partial charge in [-0.2, -0.15) is 15.3 Å². The highest BCUT2D eigenvalue weighted by molar-refractivity contribution is 6.02. The number of hydrogen-bond acceptors (Lipinski definition) is 15. The van der Waals surface area contributed by atoms with Crippen molar-refractivity contribution in [1.29, 1.82) is 0 Å². The Labute approximate surface area is 601 Å². The molecule has 0 N–H and O–H groups in total. The summed E-state index contributed by atoms with van der Waals surface area (Å²) < 4.78 is 40.6. The molecular weight excluding hydrogens is 1300 g/mol. The number of morpholine rings is 1. The van der Waals surface area contributed by atoms with Crippen LogP contribution in [0.2, 0.25) is 0 Å². The van der Waals surface area contributed by atoms with Crippen molar-refractivity contribution in [3.05, 3.63) is 260 Å². The number of benzene rings is 7. The van der Waals surface area contributed by atoms with Crippen LogP contribution < -0.4 is 23.7 Å². The lowest BCUT2D eigenvalue weighted by molar-refractivity contribution is -0.129. The van der Waals surface area contributed by atoms with Crippen LogP contribution in [-0.2, 0) is 54.7 Å². The van der Waals surface area contributed by atoms with E-state index in [2.05, 4.69) is 33.4 Å². The van der Waals surface area contributed by atoms with Crippen molar-refractivity contribution in [1.82, 2.24) is 44.0 Å². The molecule has 13 rings (SSSR count). The second-order valence-electron chi connectivity index (χ2n) is 25.6. The average Bonchev–Trinajstić information content (AvgIpc) is 1.79. The maximum Gasteiger partial charge on any atom is 0.246 e. The minimum atomic E-state index is -0.215. The van der Waals surface area contributed by atoms with Gasteiger partial charge in [-0.25, -0.2) is 0 Å². The zero-order valence-corrected chi connectivity index (χ0v) is 58.8. The quantitative estimate of drug-likeness (QED) is 0.0386. The van der Waals surface area contributed by atoms with E-state index in [1.54, 1.807) is 49.5 Å². The molecule has 0 saturated carbocycles. The van der Waals surface area contributed by atoms with Gasteiger partial charge in [0, 0.05) is 108 Å². The van der Waals surface area contributed by atoms with Gasteiger partial charge in [-0.3, -0.25) is 42.9 Å². The van der Waals surface area contributed by atoms with E-state index in [1.807, 2.05) is 204 Å². The van der Waals surface area contributed by atoms with Crippen molar-refractivity contribution in [2.75, 3.05) is 72.7 Å². The van der Waals surface area contributed by atoms with Crippen molar-refractivity contribution < 1.29 is 52.4 Å². The number of aromatic nitrogens is 6. The summed E-state index contributed by atoms with van der Waals surface area (Å²) in [7, 11) is 7.19. The summed E-state index contributed by atoms with van der Waals surface area (Å²) in [6, 6.07) is 51.5. The number of ether oxygens (including phenoxy) is 6. The number of para-hydroxylation sites is 1. The van der Waals surface area contributed by atoms with Crippen LogP contribution in [0.3, 0.4) is 0 Å². The number of likely N-dealkylation sites (tertiary alicyclic amines) is 2. The Hall–Kier alpha value is -11.5. The Kier molecular flexibility index (Phi) is 25.2. The van der Waals surface area contributed by atoms with E-state index in [0.29, 0.717) is 85.3 Å². The van der Waals surface area contributed by atoms with Crippen LogP contribution in [0.1, 0.15) is 73.4 Å². The fourth-order valence-electron chi connectivity index (χ4n) is 12.5. The highest BCUT2D eigenvalue weighted by atomic mass is 16.5. The van der Waals surface area contributed by atoms with Crippen LogP contribution in [0.5, 0.6) is 34.5 Å². The van der Waals surface area contributed by atoms with Gasteiger partial charge in [-0.1, -0.05) is 104 Å². The number of carbonyl (C=O) groups is 5. The van der Waals surface area contributed by atoms with E-state index in [4.69, 9.17) is 28.4 Å². The summed E-state index contributed by atoms with van der Waals surface area (Å²) in [5.41, 5.74) is 10.1. The molecule has 3 fully saturated rings. The second-order valence-corrected chi connectivity index (χ2v) is 25.6. The standard InChI is InChI=1S/C32H31N3O4.C26H27N3O3.C25H29N3O4/c1-3-32(37)35-17-7-10-28(22-35)39-31-19-24(25-20-33-34(2)21-25)13-16-29(31)30(36)18-23-11-14-27(15-12-23)38-26-8-5-4-6-9-26;1-3-26(31)29-13-7-10-22(18-29)32-25-15-20(21-16-27-28(2)17-21)11-12-23(25)24(30)14-19-8-5-4-6-9-19;1-27-18-21(17-26-27)20-5-8-23(25(16-20)30-2)24(29)15-19-3-6-22(7-4-19)32-14-11-28-9-12-31-13-10-28/h3-6,8-9,11-16,19-21,28H,1,7,10,17-18,22H2,2H3;3-6,8-9,11-12,15-17,22H,1,7,10,13-14,18H2,2H3;3-8,16-18H,9-15H2,1-2H3/t28-;22-;/m11./s1. The highest BCUT2D eigenvalue weighted by Crippen LogP contribution is 2.34.